The Morgan fingerprint density at radius 1 is 1.24 bits per heavy atom. The summed E-state index contributed by atoms with van der Waals surface area (Å²) in [6, 6.07) is 0. The third-order valence-electron chi connectivity index (χ3n) is 5.01. The van der Waals surface area contributed by atoms with Gasteiger partial charge in [0.2, 0.25) is 0 Å². The molecule has 4 nitrogen and oxygen atoms in total. The SMILES string of the molecule is CCCSC1=C(C=O)CCc2c1sc1nc3n(c(=O)c21)CCCCC3. The van der Waals surface area contributed by atoms with Gasteiger partial charge in [-0.1, -0.05) is 13.3 Å². The summed E-state index contributed by atoms with van der Waals surface area (Å²) in [6.45, 7) is 2.93. The molecule has 0 bridgehead atoms. The standard InChI is InChI=1S/C19H22N2O2S2/c1-2-10-24-16-12(11-22)7-8-13-15-18(25-17(13)16)20-14-6-4-3-5-9-21(14)19(15)23/h11H,2-10H2,1H3. The zero-order chi connectivity index (χ0) is 17.4. The van der Waals surface area contributed by atoms with E-state index in [2.05, 4.69) is 6.92 Å². The van der Waals surface area contributed by atoms with Gasteiger partial charge in [-0.05, 0) is 43.4 Å². The first-order chi connectivity index (χ1) is 12.2. The number of thioether (sulfide) groups is 1. The number of carbonyl (C=O) groups is 1. The van der Waals surface area contributed by atoms with Crippen LogP contribution in [0.15, 0.2) is 10.4 Å². The number of carbonyl (C=O) groups excluding carboxylic acids is 1. The van der Waals surface area contributed by atoms with Crippen molar-refractivity contribution in [3.63, 3.8) is 0 Å². The zero-order valence-electron chi connectivity index (χ0n) is 14.5. The first-order valence-electron chi connectivity index (χ1n) is 9.11. The molecule has 1 aliphatic heterocycles. The lowest BCUT2D eigenvalue weighted by Crippen LogP contribution is -2.24. The Bertz CT molecular complexity index is 924. The molecule has 0 radical (unpaired) electrons. The molecule has 0 saturated carbocycles. The molecule has 132 valence electrons. The minimum atomic E-state index is 0.133. The molecule has 0 N–H and O–H groups in total. The van der Waals surface area contributed by atoms with Gasteiger partial charge >= 0.3 is 0 Å². The maximum atomic E-state index is 13.2. The van der Waals surface area contributed by atoms with Crippen molar-refractivity contribution >= 4 is 44.5 Å². The molecule has 3 heterocycles. The Kier molecular flexibility index (Phi) is 4.82. The third-order valence-corrected chi connectivity index (χ3v) is 7.65. The van der Waals surface area contributed by atoms with Crippen molar-refractivity contribution in [1.29, 1.82) is 0 Å². The molecular weight excluding hydrogens is 352 g/mol. The lowest BCUT2D eigenvalue weighted by molar-refractivity contribution is -0.105. The Morgan fingerprint density at radius 2 is 2.12 bits per heavy atom. The van der Waals surface area contributed by atoms with E-state index in [0.29, 0.717) is 0 Å². The summed E-state index contributed by atoms with van der Waals surface area (Å²) in [5.41, 5.74) is 2.15. The molecule has 0 atom stereocenters. The van der Waals surface area contributed by atoms with Gasteiger partial charge in [0.15, 0.2) is 0 Å². The Hall–Kier alpha value is -1.40. The molecule has 25 heavy (non-hydrogen) atoms. The molecule has 0 saturated heterocycles. The molecule has 4 rings (SSSR count). The van der Waals surface area contributed by atoms with Crippen molar-refractivity contribution in [2.45, 2.75) is 58.4 Å². The molecule has 0 spiro atoms. The number of hydrogen-bond donors (Lipinski definition) is 0. The molecule has 0 amide bonds. The van der Waals surface area contributed by atoms with E-state index in [1.54, 1.807) is 23.1 Å². The fourth-order valence-corrected chi connectivity index (χ4v) is 6.26. The van der Waals surface area contributed by atoms with Gasteiger partial charge in [0.25, 0.3) is 5.56 Å². The number of thiophene rings is 1. The molecular formula is C19H22N2O2S2. The van der Waals surface area contributed by atoms with E-state index in [0.717, 1.165) is 100 Å². The van der Waals surface area contributed by atoms with Gasteiger partial charge in [-0.25, -0.2) is 4.98 Å². The second-order valence-electron chi connectivity index (χ2n) is 6.71. The number of rotatable bonds is 4. The smallest absolute Gasteiger partial charge is 0.262 e. The Morgan fingerprint density at radius 3 is 2.92 bits per heavy atom. The van der Waals surface area contributed by atoms with Crippen LogP contribution in [0.2, 0.25) is 0 Å². The van der Waals surface area contributed by atoms with Crippen molar-refractivity contribution in [3.8, 4) is 0 Å². The van der Waals surface area contributed by atoms with Crippen molar-refractivity contribution in [2.75, 3.05) is 5.75 Å². The fraction of sp³-hybridized carbons (Fsp3) is 0.526. The van der Waals surface area contributed by atoms with Crippen LogP contribution in [-0.4, -0.2) is 21.6 Å². The highest BCUT2D eigenvalue weighted by Crippen LogP contribution is 2.45. The number of aromatic nitrogens is 2. The van der Waals surface area contributed by atoms with Crippen molar-refractivity contribution < 1.29 is 4.79 Å². The van der Waals surface area contributed by atoms with Gasteiger partial charge in [0.1, 0.15) is 16.9 Å². The minimum absolute atomic E-state index is 0.133. The van der Waals surface area contributed by atoms with Gasteiger partial charge < -0.3 is 0 Å². The second kappa shape index (κ2) is 7.08. The number of allylic oxidation sites excluding steroid dienone is 1. The third kappa shape index (κ3) is 2.89. The minimum Gasteiger partial charge on any atom is -0.298 e. The molecule has 2 aromatic heterocycles. The van der Waals surface area contributed by atoms with Gasteiger partial charge in [-0.2, -0.15) is 0 Å². The summed E-state index contributed by atoms with van der Waals surface area (Å²) in [6.07, 6.45) is 7.79. The van der Waals surface area contributed by atoms with E-state index >= 15 is 0 Å². The lowest BCUT2D eigenvalue weighted by Gasteiger charge is -2.17. The van der Waals surface area contributed by atoms with E-state index < -0.39 is 0 Å². The van der Waals surface area contributed by atoms with Crippen LogP contribution < -0.4 is 5.56 Å². The van der Waals surface area contributed by atoms with Gasteiger partial charge in [0.05, 0.1) is 5.39 Å². The van der Waals surface area contributed by atoms with E-state index in [1.165, 1.54) is 0 Å². The number of aldehydes is 1. The molecule has 2 aliphatic rings. The normalized spacial score (nSPS) is 17.3. The largest absolute Gasteiger partial charge is 0.298 e. The average Bonchev–Trinajstić information content (AvgIpc) is 2.82. The second-order valence-corrected chi connectivity index (χ2v) is 8.81. The van der Waals surface area contributed by atoms with Crippen LogP contribution in [0.4, 0.5) is 0 Å². The summed E-state index contributed by atoms with van der Waals surface area (Å²) in [5, 5.41) is 0.810. The van der Waals surface area contributed by atoms with E-state index in [1.807, 2.05) is 4.57 Å². The summed E-state index contributed by atoms with van der Waals surface area (Å²) in [4.78, 5) is 32.6. The van der Waals surface area contributed by atoms with Crippen LogP contribution in [0.1, 0.15) is 55.3 Å². The van der Waals surface area contributed by atoms with E-state index in [9.17, 15) is 9.59 Å². The monoisotopic (exact) mass is 374 g/mol. The molecule has 6 heteroatoms. The Labute approximate surface area is 155 Å². The summed E-state index contributed by atoms with van der Waals surface area (Å²) in [7, 11) is 0. The average molecular weight is 375 g/mol. The van der Waals surface area contributed by atoms with Crippen LogP contribution in [0.25, 0.3) is 15.1 Å². The maximum absolute atomic E-state index is 13.2. The van der Waals surface area contributed by atoms with E-state index in [-0.39, 0.29) is 5.56 Å². The van der Waals surface area contributed by atoms with Gasteiger partial charge in [-0.15, -0.1) is 23.1 Å². The van der Waals surface area contributed by atoms with Gasteiger partial charge in [0, 0.05) is 28.3 Å². The maximum Gasteiger partial charge on any atom is 0.262 e. The topological polar surface area (TPSA) is 52.0 Å². The number of nitrogens with zero attached hydrogens (tertiary/aromatic N) is 2. The van der Waals surface area contributed by atoms with Crippen molar-refractivity contribution in [3.05, 3.63) is 32.2 Å². The van der Waals surface area contributed by atoms with Crippen molar-refractivity contribution in [1.82, 2.24) is 9.55 Å². The Balaban J connectivity index is 1.93. The highest BCUT2D eigenvalue weighted by Gasteiger charge is 2.27. The predicted octanol–water partition coefficient (Wildman–Crippen LogP) is 4.18. The van der Waals surface area contributed by atoms with E-state index in [4.69, 9.17) is 4.98 Å². The summed E-state index contributed by atoms with van der Waals surface area (Å²) < 4.78 is 1.90. The van der Waals surface area contributed by atoms with Crippen LogP contribution in [0, 0.1) is 0 Å². The molecule has 2 aromatic rings. The summed E-state index contributed by atoms with van der Waals surface area (Å²) >= 11 is 3.36. The number of fused-ring (bicyclic) bond motifs is 4. The first-order valence-corrected chi connectivity index (χ1v) is 10.9. The molecule has 0 fully saturated rings. The van der Waals surface area contributed by atoms with Crippen LogP contribution in [0.5, 0.6) is 0 Å². The molecule has 0 unspecified atom stereocenters. The highest BCUT2D eigenvalue weighted by molar-refractivity contribution is 8.08. The van der Waals surface area contributed by atoms with Crippen LogP contribution in [-0.2, 0) is 24.2 Å². The zero-order valence-corrected chi connectivity index (χ0v) is 16.1. The molecule has 1 aliphatic carbocycles. The lowest BCUT2D eigenvalue weighted by atomic mass is 9.97. The van der Waals surface area contributed by atoms with Crippen LogP contribution >= 0.6 is 23.1 Å². The highest BCUT2D eigenvalue weighted by atomic mass is 32.2. The summed E-state index contributed by atoms with van der Waals surface area (Å²) in [5.74, 6) is 1.93. The van der Waals surface area contributed by atoms with Crippen LogP contribution in [0.3, 0.4) is 0 Å². The molecule has 0 aromatic carbocycles. The van der Waals surface area contributed by atoms with Crippen molar-refractivity contribution in [2.24, 2.45) is 0 Å². The quantitative estimate of drug-likeness (QED) is 0.753. The fourth-order valence-electron chi connectivity index (χ4n) is 3.75. The van der Waals surface area contributed by atoms with Gasteiger partial charge in [-0.3, -0.25) is 14.2 Å². The first kappa shape index (κ1) is 17.0. The number of hydrogen-bond acceptors (Lipinski definition) is 5. The predicted molar refractivity (Wildman–Crippen MR) is 105 cm³/mol. The number of aryl methyl sites for hydroxylation is 2.